The summed E-state index contributed by atoms with van der Waals surface area (Å²) in [6.07, 6.45) is 7.69. The first-order valence-electron chi connectivity index (χ1n) is 8.68. The molecule has 2 aromatic rings. The van der Waals surface area contributed by atoms with Crippen molar-refractivity contribution in [3.8, 4) is 0 Å². The zero-order valence-corrected chi connectivity index (χ0v) is 13.7. The summed E-state index contributed by atoms with van der Waals surface area (Å²) in [6, 6.07) is 20.5. The SMILES string of the molecule is C1=C[C@@H]2C[C@@H]3C1=NN(c1ccccc1)[C@@H]3C=C2N=Nc1ccccc1. The number of benzene rings is 2. The minimum Gasteiger partial charge on any atom is -0.258 e. The van der Waals surface area contributed by atoms with Crippen LogP contribution in [-0.4, -0.2) is 11.8 Å². The van der Waals surface area contributed by atoms with E-state index in [1.165, 1.54) is 5.71 Å². The van der Waals surface area contributed by atoms with E-state index in [4.69, 9.17) is 5.10 Å². The number of azo groups is 1. The molecule has 0 saturated carbocycles. The van der Waals surface area contributed by atoms with Gasteiger partial charge in [-0.3, -0.25) is 5.01 Å². The van der Waals surface area contributed by atoms with E-state index in [2.05, 4.69) is 57.7 Å². The van der Waals surface area contributed by atoms with Gasteiger partial charge in [0.1, 0.15) is 0 Å². The first-order chi connectivity index (χ1) is 12.4. The first-order valence-corrected chi connectivity index (χ1v) is 8.68. The first kappa shape index (κ1) is 14.3. The lowest BCUT2D eigenvalue weighted by Crippen LogP contribution is -2.37. The van der Waals surface area contributed by atoms with Gasteiger partial charge >= 0.3 is 0 Å². The van der Waals surface area contributed by atoms with Crippen LogP contribution >= 0.6 is 0 Å². The molecule has 0 amide bonds. The van der Waals surface area contributed by atoms with Crippen molar-refractivity contribution in [3.05, 3.63) is 84.6 Å². The summed E-state index contributed by atoms with van der Waals surface area (Å²) >= 11 is 0. The standard InChI is InChI=1S/C21H18N4/c1-3-7-16(8-4-1)22-23-20-14-21-18-13-15(20)11-12-19(18)24-25(21)17-9-5-2-6-10-17/h1-12,14-15,18,21H,13H2/t15-,18-,21-/m1/s1. The molecule has 0 saturated heterocycles. The van der Waals surface area contributed by atoms with Gasteiger partial charge in [0, 0.05) is 11.8 Å². The molecule has 0 aromatic heterocycles. The molecule has 2 aliphatic carbocycles. The van der Waals surface area contributed by atoms with Crippen molar-refractivity contribution in [2.45, 2.75) is 12.5 Å². The molecule has 0 unspecified atom stereocenters. The second kappa shape index (κ2) is 5.81. The molecule has 3 aliphatic rings. The molecule has 3 atom stereocenters. The van der Waals surface area contributed by atoms with Crippen molar-refractivity contribution in [1.29, 1.82) is 0 Å². The van der Waals surface area contributed by atoms with E-state index in [1.54, 1.807) is 0 Å². The van der Waals surface area contributed by atoms with E-state index in [1.807, 2.05) is 36.4 Å². The molecular weight excluding hydrogens is 308 g/mol. The van der Waals surface area contributed by atoms with Crippen LogP contribution in [0.5, 0.6) is 0 Å². The fourth-order valence-corrected chi connectivity index (χ4v) is 3.83. The van der Waals surface area contributed by atoms with Gasteiger partial charge in [0.05, 0.1) is 28.8 Å². The maximum absolute atomic E-state index is 4.86. The summed E-state index contributed by atoms with van der Waals surface area (Å²) in [5.74, 6) is 0.786. The Balaban J connectivity index is 1.51. The van der Waals surface area contributed by atoms with Gasteiger partial charge in [0.15, 0.2) is 0 Å². The average molecular weight is 326 g/mol. The Labute approximate surface area is 146 Å². The zero-order valence-electron chi connectivity index (χ0n) is 13.7. The topological polar surface area (TPSA) is 40.3 Å². The van der Waals surface area contributed by atoms with Crippen LogP contribution in [0.1, 0.15) is 6.42 Å². The van der Waals surface area contributed by atoms with Crippen LogP contribution in [0.3, 0.4) is 0 Å². The van der Waals surface area contributed by atoms with Gasteiger partial charge in [-0.25, -0.2) is 0 Å². The zero-order chi connectivity index (χ0) is 16.6. The number of hydrazone groups is 1. The van der Waals surface area contributed by atoms with Gasteiger partial charge in [-0.1, -0.05) is 42.5 Å². The molecule has 0 fully saturated rings. The highest BCUT2D eigenvalue weighted by atomic mass is 15.5. The maximum atomic E-state index is 4.86. The van der Waals surface area contributed by atoms with Crippen molar-refractivity contribution in [1.82, 2.24) is 0 Å². The second-order valence-corrected chi connectivity index (χ2v) is 6.63. The molecule has 0 N–H and O–H groups in total. The van der Waals surface area contributed by atoms with E-state index >= 15 is 0 Å². The largest absolute Gasteiger partial charge is 0.258 e. The molecule has 2 bridgehead atoms. The van der Waals surface area contributed by atoms with Crippen molar-refractivity contribution in [2.24, 2.45) is 27.2 Å². The van der Waals surface area contributed by atoms with E-state index in [0.717, 1.165) is 23.5 Å². The average Bonchev–Trinajstić information content (AvgIpc) is 3.08. The van der Waals surface area contributed by atoms with Crippen LogP contribution in [0.25, 0.3) is 0 Å². The summed E-state index contributed by atoms with van der Waals surface area (Å²) in [7, 11) is 0. The monoisotopic (exact) mass is 326 g/mol. The highest BCUT2D eigenvalue weighted by Crippen LogP contribution is 2.43. The fourth-order valence-electron chi connectivity index (χ4n) is 3.83. The summed E-state index contributed by atoms with van der Waals surface area (Å²) in [5, 5.41) is 16.0. The van der Waals surface area contributed by atoms with Crippen LogP contribution in [0.15, 0.2) is 99.9 Å². The molecule has 4 heteroatoms. The molecular formula is C21H18N4. The number of hydrogen-bond acceptors (Lipinski definition) is 4. The predicted octanol–water partition coefficient (Wildman–Crippen LogP) is 5.10. The van der Waals surface area contributed by atoms with Gasteiger partial charge < -0.3 is 0 Å². The third-order valence-electron chi connectivity index (χ3n) is 5.08. The van der Waals surface area contributed by atoms with Gasteiger partial charge in [0.2, 0.25) is 0 Å². The normalized spacial score (nSPS) is 26.7. The van der Waals surface area contributed by atoms with Gasteiger partial charge in [-0.05, 0) is 42.8 Å². The third kappa shape index (κ3) is 2.50. The minimum absolute atomic E-state index is 0.225. The van der Waals surface area contributed by atoms with Gasteiger partial charge in [0.25, 0.3) is 0 Å². The molecule has 5 rings (SSSR count). The molecule has 122 valence electrons. The number of anilines is 1. The van der Waals surface area contributed by atoms with E-state index in [0.29, 0.717) is 11.8 Å². The van der Waals surface area contributed by atoms with Crippen LogP contribution in [0.4, 0.5) is 11.4 Å². The van der Waals surface area contributed by atoms with Crippen molar-refractivity contribution in [2.75, 3.05) is 5.01 Å². The van der Waals surface area contributed by atoms with Crippen molar-refractivity contribution in [3.63, 3.8) is 0 Å². The van der Waals surface area contributed by atoms with Crippen molar-refractivity contribution < 1.29 is 0 Å². The lowest BCUT2D eigenvalue weighted by Gasteiger charge is -2.33. The van der Waals surface area contributed by atoms with Gasteiger partial charge in [-0.2, -0.15) is 15.3 Å². The van der Waals surface area contributed by atoms with Crippen molar-refractivity contribution >= 4 is 17.1 Å². The summed E-state index contributed by atoms with van der Waals surface area (Å²) < 4.78 is 0. The highest BCUT2D eigenvalue weighted by molar-refractivity contribution is 6.01. The summed E-state index contributed by atoms with van der Waals surface area (Å²) in [4.78, 5) is 0. The Morgan fingerprint density at radius 3 is 2.48 bits per heavy atom. The molecule has 1 aliphatic heterocycles. The van der Waals surface area contributed by atoms with Crippen LogP contribution < -0.4 is 5.01 Å². The Kier molecular flexibility index (Phi) is 3.33. The minimum atomic E-state index is 0.225. The molecule has 0 radical (unpaired) electrons. The fraction of sp³-hybridized carbons (Fsp3) is 0.190. The van der Waals surface area contributed by atoms with E-state index in [9.17, 15) is 0 Å². The third-order valence-corrected chi connectivity index (χ3v) is 5.08. The smallest absolute Gasteiger partial charge is 0.0856 e. The Hall–Kier alpha value is -3.01. The number of allylic oxidation sites excluding steroid dienone is 2. The molecule has 0 spiro atoms. The second-order valence-electron chi connectivity index (χ2n) is 6.63. The van der Waals surface area contributed by atoms with E-state index < -0.39 is 0 Å². The van der Waals surface area contributed by atoms with E-state index in [-0.39, 0.29) is 6.04 Å². The van der Waals surface area contributed by atoms with Crippen LogP contribution in [0, 0.1) is 11.8 Å². The molecule has 4 nitrogen and oxygen atoms in total. The lowest BCUT2D eigenvalue weighted by atomic mass is 9.75. The Morgan fingerprint density at radius 1 is 0.920 bits per heavy atom. The van der Waals surface area contributed by atoms with Gasteiger partial charge in [-0.15, -0.1) is 0 Å². The molecule has 25 heavy (non-hydrogen) atoms. The number of rotatable bonds is 3. The van der Waals surface area contributed by atoms with Crippen LogP contribution in [0.2, 0.25) is 0 Å². The number of fused-ring (bicyclic) bond motifs is 1. The Bertz CT molecular complexity index is 896. The summed E-state index contributed by atoms with van der Waals surface area (Å²) in [6.45, 7) is 0. The highest BCUT2D eigenvalue weighted by Gasteiger charge is 2.43. The summed E-state index contributed by atoms with van der Waals surface area (Å²) in [5.41, 5.74) is 4.23. The lowest BCUT2D eigenvalue weighted by molar-refractivity contribution is 0.468. The quantitative estimate of drug-likeness (QED) is 0.723. The number of para-hydroxylation sites is 1. The number of nitrogens with zero attached hydrogens (tertiary/aromatic N) is 4. The Morgan fingerprint density at radius 2 is 1.68 bits per heavy atom. The van der Waals surface area contributed by atoms with Crippen LogP contribution in [-0.2, 0) is 0 Å². The molecule has 2 aromatic carbocycles. The predicted molar refractivity (Wildman–Crippen MR) is 99.9 cm³/mol. The number of hydrogen-bond donors (Lipinski definition) is 0. The maximum Gasteiger partial charge on any atom is 0.0856 e. The molecule has 1 heterocycles.